The van der Waals surface area contributed by atoms with Crippen molar-refractivity contribution in [1.29, 1.82) is 0 Å². The van der Waals surface area contributed by atoms with Crippen molar-refractivity contribution < 1.29 is 14.1 Å². The van der Waals surface area contributed by atoms with Crippen molar-refractivity contribution in [1.82, 2.24) is 15.0 Å². The van der Waals surface area contributed by atoms with Crippen molar-refractivity contribution in [3.63, 3.8) is 0 Å². The molecule has 7 heteroatoms. The molecule has 5 rings (SSSR count). The molecule has 4 aromatic rings. The van der Waals surface area contributed by atoms with Crippen molar-refractivity contribution in [3.8, 4) is 28.6 Å². The summed E-state index contributed by atoms with van der Waals surface area (Å²) >= 11 is 0. The average Bonchev–Trinajstić information content (AvgIpc) is 3.39. The summed E-state index contributed by atoms with van der Waals surface area (Å²) in [7, 11) is 0. The number of piperazine rings is 1. The zero-order chi connectivity index (χ0) is 24.2. The molecule has 2 heterocycles. The summed E-state index contributed by atoms with van der Waals surface area (Å²) in [5.74, 6) is 1.61. The molecule has 3 aromatic carbocycles. The number of hydrogen-bond acceptors (Lipinski definition) is 6. The van der Waals surface area contributed by atoms with Crippen LogP contribution in [0.25, 0.3) is 22.8 Å². The van der Waals surface area contributed by atoms with Gasteiger partial charge in [-0.15, -0.1) is 0 Å². The van der Waals surface area contributed by atoms with Crippen LogP contribution < -0.4 is 9.64 Å². The summed E-state index contributed by atoms with van der Waals surface area (Å²) in [6.45, 7) is 7.15. The Morgan fingerprint density at radius 1 is 0.829 bits per heavy atom. The zero-order valence-electron chi connectivity index (χ0n) is 20.0. The number of benzene rings is 3. The fourth-order valence-electron chi connectivity index (χ4n) is 4.06. The second-order valence-electron chi connectivity index (χ2n) is 8.81. The van der Waals surface area contributed by atoms with Gasteiger partial charge >= 0.3 is 0 Å². The minimum Gasteiger partial charge on any atom is -0.484 e. The molecule has 1 fully saturated rings. The minimum absolute atomic E-state index is 0.00252. The third kappa shape index (κ3) is 5.35. The number of hydrogen-bond donors (Lipinski definition) is 0. The van der Waals surface area contributed by atoms with Crippen LogP contribution in [0.15, 0.2) is 77.3 Å². The lowest BCUT2D eigenvalue weighted by molar-refractivity contribution is -0.133. The Balaban J connectivity index is 1.12. The Morgan fingerprint density at radius 3 is 2.09 bits per heavy atom. The number of anilines is 1. The molecule has 0 spiro atoms. The van der Waals surface area contributed by atoms with Gasteiger partial charge in [0.15, 0.2) is 6.61 Å². The maximum absolute atomic E-state index is 12.7. The summed E-state index contributed by atoms with van der Waals surface area (Å²) in [5, 5.41) is 4.08. The number of aryl methyl sites for hydroxylation is 2. The van der Waals surface area contributed by atoms with Gasteiger partial charge in [0.1, 0.15) is 5.75 Å². The van der Waals surface area contributed by atoms with E-state index < -0.39 is 0 Å². The molecule has 0 aliphatic carbocycles. The van der Waals surface area contributed by atoms with Gasteiger partial charge in [-0.05, 0) is 50.2 Å². The van der Waals surface area contributed by atoms with E-state index in [-0.39, 0.29) is 12.5 Å². The Hall–Kier alpha value is -4.13. The fourth-order valence-corrected chi connectivity index (χ4v) is 4.06. The smallest absolute Gasteiger partial charge is 0.260 e. The molecule has 0 bridgehead atoms. The van der Waals surface area contributed by atoms with Crippen molar-refractivity contribution in [2.24, 2.45) is 0 Å². The highest BCUT2D eigenvalue weighted by Gasteiger charge is 2.21. The van der Waals surface area contributed by atoms with Gasteiger partial charge in [0.05, 0.1) is 0 Å². The largest absolute Gasteiger partial charge is 0.484 e. The lowest BCUT2D eigenvalue weighted by atomic mass is 10.1. The standard InChI is InChI=1S/C28H28N4O3/c1-20-3-7-22(8-4-20)27-29-28(35-30-27)23-9-13-25(14-10-23)34-19-26(33)32-17-15-31(16-18-32)24-11-5-21(2)6-12-24/h3-14H,15-19H2,1-2H3. The molecule has 1 amide bonds. The van der Waals surface area contributed by atoms with Gasteiger partial charge in [0.2, 0.25) is 5.82 Å². The van der Waals surface area contributed by atoms with E-state index in [9.17, 15) is 4.79 Å². The first-order valence-corrected chi connectivity index (χ1v) is 11.8. The van der Waals surface area contributed by atoms with E-state index in [1.54, 1.807) is 0 Å². The maximum atomic E-state index is 12.7. The molecule has 7 nitrogen and oxygen atoms in total. The number of aromatic nitrogens is 2. The molecule has 1 aliphatic rings. The number of rotatable bonds is 6. The Labute approximate surface area is 204 Å². The molecule has 0 N–H and O–H groups in total. The number of ether oxygens (including phenoxy) is 1. The first-order chi connectivity index (χ1) is 17.0. The predicted octanol–water partition coefficient (Wildman–Crippen LogP) is 4.75. The molecule has 0 saturated carbocycles. The van der Waals surface area contributed by atoms with Crippen LogP contribution in [0.5, 0.6) is 5.75 Å². The summed E-state index contributed by atoms with van der Waals surface area (Å²) in [4.78, 5) is 21.3. The van der Waals surface area contributed by atoms with Crippen molar-refractivity contribution in [3.05, 3.63) is 83.9 Å². The summed E-state index contributed by atoms with van der Waals surface area (Å²) in [5.41, 5.74) is 5.32. The van der Waals surface area contributed by atoms with E-state index in [0.717, 1.165) is 24.2 Å². The van der Waals surface area contributed by atoms with Gasteiger partial charge in [-0.1, -0.05) is 52.7 Å². The lowest BCUT2D eigenvalue weighted by Crippen LogP contribution is -2.50. The van der Waals surface area contributed by atoms with Crippen LogP contribution in [-0.4, -0.2) is 53.7 Å². The monoisotopic (exact) mass is 468 g/mol. The first kappa shape index (κ1) is 22.7. The highest BCUT2D eigenvalue weighted by atomic mass is 16.5. The molecule has 1 saturated heterocycles. The van der Waals surface area contributed by atoms with Crippen molar-refractivity contribution in [2.45, 2.75) is 13.8 Å². The highest BCUT2D eigenvalue weighted by Crippen LogP contribution is 2.24. The van der Waals surface area contributed by atoms with Crippen LogP contribution >= 0.6 is 0 Å². The fraction of sp³-hybridized carbons (Fsp3) is 0.250. The average molecular weight is 469 g/mol. The predicted molar refractivity (Wildman–Crippen MR) is 135 cm³/mol. The zero-order valence-corrected chi connectivity index (χ0v) is 20.0. The number of carbonyl (C=O) groups is 1. The third-order valence-electron chi connectivity index (χ3n) is 6.23. The Kier molecular flexibility index (Phi) is 6.48. The van der Waals surface area contributed by atoms with Gasteiger partial charge in [-0.3, -0.25) is 4.79 Å². The molecule has 0 atom stereocenters. The van der Waals surface area contributed by atoms with E-state index in [4.69, 9.17) is 9.26 Å². The topological polar surface area (TPSA) is 71.7 Å². The van der Waals surface area contributed by atoms with E-state index in [1.807, 2.05) is 60.4 Å². The second-order valence-corrected chi connectivity index (χ2v) is 8.81. The van der Waals surface area contributed by atoms with Crippen molar-refractivity contribution in [2.75, 3.05) is 37.7 Å². The van der Waals surface area contributed by atoms with E-state index in [1.165, 1.54) is 16.8 Å². The number of nitrogens with zero attached hydrogens (tertiary/aromatic N) is 4. The van der Waals surface area contributed by atoms with Gasteiger partial charge < -0.3 is 19.1 Å². The van der Waals surface area contributed by atoms with Crippen LogP contribution in [0.4, 0.5) is 5.69 Å². The van der Waals surface area contributed by atoms with Crippen LogP contribution in [0.1, 0.15) is 11.1 Å². The second kappa shape index (κ2) is 10.0. The van der Waals surface area contributed by atoms with E-state index >= 15 is 0 Å². The number of amides is 1. The normalized spacial score (nSPS) is 13.7. The van der Waals surface area contributed by atoms with Crippen LogP contribution in [-0.2, 0) is 4.79 Å². The Bertz CT molecular complexity index is 1270. The molecule has 1 aromatic heterocycles. The van der Waals surface area contributed by atoms with Crippen molar-refractivity contribution >= 4 is 11.6 Å². The Morgan fingerprint density at radius 2 is 1.43 bits per heavy atom. The summed E-state index contributed by atoms with van der Waals surface area (Å²) < 4.78 is 11.2. The molecule has 0 radical (unpaired) electrons. The van der Waals surface area contributed by atoms with Crippen LogP contribution in [0.2, 0.25) is 0 Å². The van der Waals surface area contributed by atoms with Gasteiger partial charge in [0, 0.05) is 43.0 Å². The highest BCUT2D eigenvalue weighted by molar-refractivity contribution is 5.78. The minimum atomic E-state index is -0.00252. The van der Waals surface area contributed by atoms with Crippen LogP contribution in [0, 0.1) is 13.8 Å². The van der Waals surface area contributed by atoms with Gasteiger partial charge in [-0.25, -0.2) is 0 Å². The molecule has 1 aliphatic heterocycles. The lowest BCUT2D eigenvalue weighted by Gasteiger charge is -2.36. The third-order valence-corrected chi connectivity index (χ3v) is 6.23. The maximum Gasteiger partial charge on any atom is 0.260 e. The molecule has 35 heavy (non-hydrogen) atoms. The molecule has 178 valence electrons. The summed E-state index contributed by atoms with van der Waals surface area (Å²) in [6.07, 6.45) is 0. The van der Waals surface area contributed by atoms with Crippen LogP contribution in [0.3, 0.4) is 0 Å². The molecular formula is C28H28N4O3. The first-order valence-electron chi connectivity index (χ1n) is 11.8. The molecule has 0 unspecified atom stereocenters. The number of carbonyl (C=O) groups excluding carboxylic acids is 1. The van der Waals surface area contributed by atoms with Gasteiger partial charge in [-0.2, -0.15) is 4.98 Å². The molecular weight excluding hydrogens is 440 g/mol. The van der Waals surface area contributed by atoms with Gasteiger partial charge in [0.25, 0.3) is 11.8 Å². The van der Waals surface area contributed by atoms with E-state index in [2.05, 4.69) is 46.2 Å². The SMILES string of the molecule is Cc1ccc(-c2noc(-c3ccc(OCC(=O)N4CCN(c5ccc(C)cc5)CC4)cc3)n2)cc1. The summed E-state index contributed by atoms with van der Waals surface area (Å²) in [6, 6.07) is 23.8. The van der Waals surface area contributed by atoms with E-state index in [0.29, 0.717) is 30.6 Å². The quantitative estimate of drug-likeness (QED) is 0.407.